The fourth-order valence-corrected chi connectivity index (χ4v) is 5.84. The molecular weight excluding hydrogens is 515 g/mol. The average molecular weight is 544 g/mol. The first kappa shape index (κ1) is 26.2. The molecular formula is C29H29ClF3N3O2. The van der Waals surface area contributed by atoms with Gasteiger partial charge >= 0.3 is 6.18 Å². The van der Waals surface area contributed by atoms with Crippen LogP contribution in [-0.4, -0.2) is 45.2 Å². The number of carbonyl (C=O) groups is 1. The average Bonchev–Trinajstić information content (AvgIpc) is 2.92. The number of alkyl halides is 3. The number of piperazine rings is 1. The lowest BCUT2D eigenvalue weighted by Crippen LogP contribution is -2.61. The molecule has 3 aromatic carbocycles. The number of para-hydroxylation sites is 2. The molecule has 1 amide bonds. The van der Waals surface area contributed by atoms with Gasteiger partial charge in [-0.15, -0.1) is 0 Å². The van der Waals surface area contributed by atoms with Crippen LogP contribution in [0.1, 0.15) is 16.7 Å². The molecule has 1 saturated heterocycles. The molecule has 0 saturated carbocycles. The summed E-state index contributed by atoms with van der Waals surface area (Å²) in [6, 6.07) is 18.9. The minimum atomic E-state index is -4.44. The molecule has 38 heavy (non-hydrogen) atoms. The number of halogens is 4. The molecule has 200 valence electrons. The fourth-order valence-electron chi connectivity index (χ4n) is 5.59. The standard InChI is InChI=1S/C29H29ClF3N3O2/c1-38-27-9-5-2-6-19(27)12-13-34-28(37)22-17-20-16-21(29(31,32)33)10-11-24(20)36-15-14-35(18-26(22)36)25-8-4-3-7-23(25)30/h2-11,16,22,26H,12-15,17-18H2,1H3,(H,34,37)/t22-,26+/m0/s1. The second kappa shape index (κ2) is 10.8. The third kappa shape index (κ3) is 5.27. The van der Waals surface area contributed by atoms with E-state index in [2.05, 4.69) is 15.1 Å². The summed E-state index contributed by atoms with van der Waals surface area (Å²) in [5.74, 6) is 0.0646. The Hall–Kier alpha value is -3.39. The molecule has 0 aliphatic carbocycles. The van der Waals surface area contributed by atoms with Crippen LogP contribution in [0.3, 0.4) is 0 Å². The van der Waals surface area contributed by atoms with Crippen molar-refractivity contribution in [3.63, 3.8) is 0 Å². The molecule has 5 nitrogen and oxygen atoms in total. The van der Waals surface area contributed by atoms with E-state index in [-0.39, 0.29) is 18.4 Å². The third-order valence-electron chi connectivity index (χ3n) is 7.46. The van der Waals surface area contributed by atoms with Crippen molar-refractivity contribution in [1.29, 1.82) is 0 Å². The highest BCUT2D eigenvalue weighted by Crippen LogP contribution is 2.41. The highest BCUT2D eigenvalue weighted by molar-refractivity contribution is 6.33. The third-order valence-corrected chi connectivity index (χ3v) is 7.77. The number of fused-ring (bicyclic) bond motifs is 3. The predicted molar refractivity (Wildman–Crippen MR) is 143 cm³/mol. The lowest BCUT2D eigenvalue weighted by Gasteiger charge is -2.50. The van der Waals surface area contributed by atoms with Crippen molar-refractivity contribution in [3.8, 4) is 5.75 Å². The van der Waals surface area contributed by atoms with Gasteiger partial charge in [0.25, 0.3) is 0 Å². The zero-order chi connectivity index (χ0) is 26.9. The molecule has 1 fully saturated rings. The SMILES string of the molecule is COc1ccccc1CCNC(=O)[C@H]1Cc2cc(C(F)(F)F)ccc2N2CCN(c3ccccc3Cl)C[C@H]12. The summed E-state index contributed by atoms with van der Waals surface area (Å²) in [4.78, 5) is 17.8. The normalized spacial score (nSPS) is 19.0. The highest BCUT2D eigenvalue weighted by Gasteiger charge is 2.43. The summed E-state index contributed by atoms with van der Waals surface area (Å²) in [5.41, 5.74) is 2.48. The molecule has 0 spiro atoms. The van der Waals surface area contributed by atoms with Crippen molar-refractivity contribution in [3.05, 3.63) is 88.4 Å². The van der Waals surface area contributed by atoms with Gasteiger partial charge in [0.1, 0.15) is 5.75 Å². The Morgan fingerprint density at radius 3 is 2.58 bits per heavy atom. The topological polar surface area (TPSA) is 44.8 Å². The maximum absolute atomic E-state index is 13.6. The van der Waals surface area contributed by atoms with E-state index in [1.165, 1.54) is 6.07 Å². The van der Waals surface area contributed by atoms with Gasteiger partial charge < -0.3 is 19.9 Å². The van der Waals surface area contributed by atoms with Crippen LogP contribution in [0.2, 0.25) is 5.02 Å². The largest absolute Gasteiger partial charge is 0.496 e. The van der Waals surface area contributed by atoms with Gasteiger partial charge in [0.2, 0.25) is 5.91 Å². The van der Waals surface area contributed by atoms with Gasteiger partial charge in [0.15, 0.2) is 0 Å². The molecule has 5 rings (SSSR count). The number of ether oxygens (including phenoxy) is 1. The highest BCUT2D eigenvalue weighted by atomic mass is 35.5. The Balaban J connectivity index is 1.40. The van der Waals surface area contributed by atoms with Crippen LogP contribution in [0.25, 0.3) is 0 Å². The number of hydrogen-bond donors (Lipinski definition) is 1. The van der Waals surface area contributed by atoms with E-state index in [0.29, 0.717) is 43.2 Å². The molecule has 0 radical (unpaired) electrons. The quantitative estimate of drug-likeness (QED) is 0.440. The summed E-state index contributed by atoms with van der Waals surface area (Å²) in [7, 11) is 1.61. The van der Waals surface area contributed by atoms with E-state index in [1.807, 2.05) is 48.5 Å². The lowest BCUT2D eigenvalue weighted by molar-refractivity contribution is -0.137. The van der Waals surface area contributed by atoms with E-state index in [4.69, 9.17) is 16.3 Å². The maximum Gasteiger partial charge on any atom is 0.416 e. The summed E-state index contributed by atoms with van der Waals surface area (Å²) in [6.07, 6.45) is -3.63. The smallest absolute Gasteiger partial charge is 0.416 e. The minimum Gasteiger partial charge on any atom is -0.496 e. The van der Waals surface area contributed by atoms with Crippen LogP contribution in [0, 0.1) is 5.92 Å². The number of methoxy groups -OCH3 is 1. The zero-order valence-corrected chi connectivity index (χ0v) is 21.7. The number of carbonyl (C=O) groups excluding carboxylic acids is 1. The van der Waals surface area contributed by atoms with Crippen molar-refractivity contribution in [2.45, 2.75) is 25.1 Å². The molecule has 1 N–H and O–H groups in total. The van der Waals surface area contributed by atoms with Crippen LogP contribution in [0.5, 0.6) is 5.75 Å². The second-order valence-electron chi connectivity index (χ2n) is 9.66. The summed E-state index contributed by atoms with van der Waals surface area (Å²) in [6.45, 7) is 2.14. The van der Waals surface area contributed by atoms with Gasteiger partial charge in [-0.3, -0.25) is 4.79 Å². The molecule has 2 aliphatic heterocycles. The van der Waals surface area contributed by atoms with Crippen molar-refractivity contribution in [1.82, 2.24) is 5.32 Å². The fraction of sp³-hybridized carbons (Fsp3) is 0.345. The van der Waals surface area contributed by atoms with E-state index in [9.17, 15) is 18.0 Å². The summed E-state index contributed by atoms with van der Waals surface area (Å²) in [5, 5.41) is 3.67. The first-order chi connectivity index (χ1) is 18.3. The number of nitrogens with zero attached hydrogens (tertiary/aromatic N) is 2. The monoisotopic (exact) mass is 543 g/mol. The van der Waals surface area contributed by atoms with Gasteiger partial charge in [-0.2, -0.15) is 13.2 Å². The molecule has 2 atom stereocenters. The van der Waals surface area contributed by atoms with Crippen molar-refractivity contribution in [2.24, 2.45) is 5.92 Å². The number of nitrogens with one attached hydrogen (secondary N) is 1. The van der Waals surface area contributed by atoms with Crippen molar-refractivity contribution < 1.29 is 22.7 Å². The molecule has 0 aromatic heterocycles. The Morgan fingerprint density at radius 1 is 1.05 bits per heavy atom. The van der Waals surface area contributed by atoms with Gasteiger partial charge in [-0.05, 0) is 60.4 Å². The number of anilines is 2. The summed E-state index contributed by atoms with van der Waals surface area (Å²) < 4.78 is 45.9. The molecule has 0 bridgehead atoms. The van der Waals surface area contributed by atoms with E-state index in [1.54, 1.807) is 13.2 Å². The number of amides is 1. The first-order valence-electron chi connectivity index (χ1n) is 12.6. The Kier molecular flexibility index (Phi) is 7.43. The molecule has 9 heteroatoms. The Morgan fingerprint density at radius 2 is 1.82 bits per heavy atom. The number of hydrogen-bond acceptors (Lipinski definition) is 4. The van der Waals surface area contributed by atoms with Crippen LogP contribution >= 0.6 is 11.6 Å². The summed E-state index contributed by atoms with van der Waals surface area (Å²) >= 11 is 6.47. The second-order valence-corrected chi connectivity index (χ2v) is 10.1. The minimum absolute atomic E-state index is 0.168. The van der Waals surface area contributed by atoms with Crippen LogP contribution in [-0.2, 0) is 23.8 Å². The Labute approximate surface area is 225 Å². The van der Waals surface area contributed by atoms with E-state index < -0.39 is 17.7 Å². The molecule has 3 aromatic rings. The molecule has 0 unspecified atom stereocenters. The maximum atomic E-state index is 13.6. The van der Waals surface area contributed by atoms with Gasteiger partial charge in [-0.1, -0.05) is 41.9 Å². The van der Waals surface area contributed by atoms with Crippen LogP contribution in [0.4, 0.5) is 24.5 Å². The van der Waals surface area contributed by atoms with Crippen molar-refractivity contribution in [2.75, 3.05) is 43.1 Å². The number of benzene rings is 3. The van der Waals surface area contributed by atoms with E-state index in [0.717, 1.165) is 28.8 Å². The molecule has 2 heterocycles. The lowest BCUT2D eigenvalue weighted by atomic mass is 9.82. The molecule has 2 aliphatic rings. The van der Waals surface area contributed by atoms with Gasteiger partial charge in [0.05, 0.1) is 35.3 Å². The number of rotatable bonds is 6. The zero-order valence-electron chi connectivity index (χ0n) is 21.0. The van der Waals surface area contributed by atoms with Crippen molar-refractivity contribution >= 4 is 28.9 Å². The van der Waals surface area contributed by atoms with Crippen LogP contribution < -0.4 is 19.9 Å². The van der Waals surface area contributed by atoms with Gasteiger partial charge in [0, 0.05) is 31.9 Å². The van der Waals surface area contributed by atoms with E-state index >= 15 is 0 Å². The predicted octanol–water partition coefficient (Wildman–Crippen LogP) is 5.59. The first-order valence-corrected chi connectivity index (χ1v) is 13.0. The Bertz CT molecular complexity index is 1320. The van der Waals surface area contributed by atoms with Crippen LogP contribution in [0.15, 0.2) is 66.7 Å². The van der Waals surface area contributed by atoms with Gasteiger partial charge in [-0.25, -0.2) is 0 Å².